The van der Waals surface area contributed by atoms with Gasteiger partial charge in [-0.1, -0.05) is 36.4 Å². The van der Waals surface area contributed by atoms with Crippen molar-refractivity contribution < 1.29 is 14.2 Å². The van der Waals surface area contributed by atoms with E-state index in [1.165, 1.54) is 6.07 Å². The third-order valence-electron chi connectivity index (χ3n) is 3.38. The van der Waals surface area contributed by atoms with Crippen molar-refractivity contribution in [2.75, 3.05) is 20.7 Å². The zero-order valence-electron chi connectivity index (χ0n) is 12.3. The number of ether oxygens (including phenoxy) is 1. The fourth-order valence-electron chi connectivity index (χ4n) is 2.33. The Hall–Kier alpha value is -1.91. The Kier molecular flexibility index (Phi) is 5.31. The SMILES string of the molecule is COc1ccccc1CN(C)CC(O)c1ccccc1F. The van der Waals surface area contributed by atoms with Gasteiger partial charge in [-0.25, -0.2) is 4.39 Å². The highest BCUT2D eigenvalue weighted by Crippen LogP contribution is 2.21. The Bertz CT molecular complexity index is 589. The molecular weight excluding hydrogens is 269 g/mol. The molecule has 1 unspecified atom stereocenters. The van der Waals surface area contributed by atoms with E-state index in [4.69, 9.17) is 4.74 Å². The Morgan fingerprint density at radius 3 is 2.52 bits per heavy atom. The molecule has 0 heterocycles. The highest BCUT2D eigenvalue weighted by molar-refractivity contribution is 5.33. The number of methoxy groups -OCH3 is 1. The van der Waals surface area contributed by atoms with E-state index in [0.29, 0.717) is 18.7 Å². The molecule has 0 bridgehead atoms. The van der Waals surface area contributed by atoms with Gasteiger partial charge in [0.1, 0.15) is 11.6 Å². The molecule has 0 aliphatic carbocycles. The summed E-state index contributed by atoms with van der Waals surface area (Å²) in [6, 6.07) is 14.0. The molecule has 2 rings (SSSR count). The first kappa shape index (κ1) is 15.5. The molecule has 1 atom stereocenters. The number of nitrogens with zero attached hydrogens (tertiary/aromatic N) is 1. The summed E-state index contributed by atoms with van der Waals surface area (Å²) >= 11 is 0. The van der Waals surface area contributed by atoms with Crippen molar-refractivity contribution in [1.29, 1.82) is 0 Å². The van der Waals surface area contributed by atoms with Crippen LogP contribution in [0.3, 0.4) is 0 Å². The standard InChI is InChI=1S/C17H20FNO2/c1-19(11-13-7-3-6-10-17(13)21-2)12-16(20)14-8-4-5-9-15(14)18/h3-10,16,20H,11-12H2,1-2H3. The van der Waals surface area contributed by atoms with Crippen LogP contribution >= 0.6 is 0 Å². The Morgan fingerprint density at radius 2 is 1.81 bits per heavy atom. The van der Waals surface area contributed by atoms with Crippen molar-refractivity contribution in [2.45, 2.75) is 12.6 Å². The van der Waals surface area contributed by atoms with E-state index >= 15 is 0 Å². The molecule has 112 valence electrons. The maximum absolute atomic E-state index is 13.6. The molecule has 0 spiro atoms. The average molecular weight is 289 g/mol. The monoisotopic (exact) mass is 289 g/mol. The first-order valence-electron chi connectivity index (χ1n) is 6.84. The number of halogens is 1. The van der Waals surface area contributed by atoms with Crippen LogP contribution in [0.15, 0.2) is 48.5 Å². The highest BCUT2D eigenvalue weighted by Gasteiger charge is 2.15. The minimum Gasteiger partial charge on any atom is -0.496 e. The van der Waals surface area contributed by atoms with Gasteiger partial charge in [0, 0.05) is 24.2 Å². The van der Waals surface area contributed by atoms with E-state index in [9.17, 15) is 9.50 Å². The molecule has 0 amide bonds. The summed E-state index contributed by atoms with van der Waals surface area (Å²) in [4.78, 5) is 1.94. The van der Waals surface area contributed by atoms with Gasteiger partial charge in [-0.05, 0) is 19.2 Å². The van der Waals surface area contributed by atoms with E-state index < -0.39 is 6.10 Å². The molecule has 0 radical (unpaired) electrons. The van der Waals surface area contributed by atoms with Crippen LogP contribution in [0.1, 0.15) is 17.2 Å². The molecule has 1 N–H and O–H groups in total. The van der Waals surface area contributed by atoms with Crippen molar-refractivity contribution >= 4 is 0 Å². The fourth-order valence-corrected chi connectivity index (χ4v) is 2.33. The molecule has 0 saturated carbocycles. The Balaban J connectivity index is 2.01. The first-order valence-corrected chi connectivity index (χ1v) is 6.84. The first-order chi connectivity index (χ1) is 10.1. The maximum Gasteiger partial charge on any atom is 0.129 e. The van der Waals surface area contributed by atoms with Gasteiger partial charge in [-0.2, -0.15) is 0 Å². The van der Waals surface area contributed by atoms with Crippen molar-refractivity contribution in [3.63, 3.8) is 0 Å². The number of aliphatic hydroxyl groups is 1. The van der Waals surface area contributed by atoms with E-state index in [2.05, 4.69) is 0 Å². The molecule has 4 heteroatoms. The number of likely N-dealkylation sites (N-methyl/N-ethyl adjacent to an activating group) is 1. The highest BCUT2D eigenvalue weighted by atomic mass is 19.1. The summed E-state index contributed by atoms with van der Waals surface area (Å²) < 4.78 is 18.9. The van der Waals surface area contributed by atoms with Gasteiger partial charge < -0.3 is 9.84 Å². The lowest BCUT2D eigenvalue weighted by Crippen LogP contribution is -2.25. The summed E-state index contributed by atoms with van der Waals surface area (Å²) in [6.07, 6.45) is -0.856. The summed E-state index contributed by atoms with van der Waals surface area (Å²) in [5, 5.41) is 10.2. The topological polar surface area (TPSA) is 32.7 Å². The van der Waals surface area contributed by atoms with E-state index in [1.807, 2.05) is 36.2 Å². The molecule has 2 aromatic carbocycles. The third-order valence-corrected chi connectivity index (χ3v) is 3.38. The van der Waals surface area contributed by atoms with Crippen molar-refractivity contribution in [2.24, 2.45) is 0 Å². The van der Waals surface area contributed by atoms with Crippen LogP contribution < -0.4 is 4.74 Å². The van der Waals surface area contributed by atoms with Gasteiger partial charge in [0.15, 0.2) is 0 Å². The number of hydrogen-bond acceptors (Lipinski definition) is 3. The predicted molar refractivity (Wildman–Crippen MR) is 80.7 cm³/mol. The van der Waals surface area contributed by atoms with Gasteiger partial charge in [0.2, 0.25) is 0 Å². The molecule has 0 aromatic heterocycles. The van der Waals surface area contributed by atoms with Crippen LogP contribution in [-0.4, -0.2) is 30.7 Å². The van der Waals surface area contributed by atoms with Gasteiger partial charge >= 0.3 is 0 Å². The van der Waals surface area contributed by atoms with Crippen molar-refractivity contribution in [3.05, 3.63) is 65.5 Å². The molecule has 21 heavy (non-hydrogen) atoms. The quantitative estimate of drug-likeness (QED) is 0.887. The Labute approximate surface area is 124 Å². The molecule has 2 aromatic rings. The van der Waals surface area contributed by atoms with E-state index in [-0.39, 0.29) is 5.82 Å². The molecule has 0 aliphatic heterocycles. The van der Waals surface area contributed by atoms with Crippen LogP contribution in [0.2, 0.25) is 0 Å². The lowest BCUT2D eigenvalue weighted by atomic mass is 10.1. The predicted octanol–water partition coefficient (Wildman–Crippen LogP) is 3.00. The molecule has 0 aliphatic rings. The summed E-state index contributed by atoms with van der Waals surface area (Å²) in [5.41, 5.74) is 1.35. The van der Waals surface area contributed by atoms with E-state index in [0.717, 1.165) is 11.3 Å². The lowest BCUT2D eigenvalue weighted by molar-refractivity contribution is 0.120. The van der Waals surface area contributed by atoms with Crippen LogP contribution in [0, 0.1) is 5.82 Å². The summed E-state index contributed by atoms with van der Waals surface area (Å²) in [5.74, 6) is 0.431. The second-order valence-electron chi connectivity index (χ2n) is 5.05. The second kappa shape index (κ2) is 7.20. The average Bonchev–Trinajstić information content (AvgIpc) is 2.48. The molecular formula is C17H20FNO2. The van der Waals surface area contributed by atoms with E-state index in [1.54, 1.807) is 25.3 Å². The van der Waals surface area contributed by atoms with Gasteiger partial charge in [0.25, 0.3) is 0 Å². The minimum atomic E-state index is -0.856. The normalized spacial score (nSPS) is 12.4. The maximum atomic E-state index is 13.6. The summed E-state index contributed by atoms with van der Waals surface area (Å²) in [6.45, 7) is 0.967. The second-order valence-corrected chi connectivity index (χ2v) is 5.05. The number of hydrogen-bond donors (Lipinski definition) is 1. The lowest BCUT2D eigenvalue weighted by Gasteiger charge is -2.22. The van der Waals surface area contributed by atoms with Crippen LogP contribution in [-0.2, 0) is 6.54 Å². The third kappa shape index (κ3) is 4.03. The smallest absolute Gasteiger partial charge is 0.129 e. The summed E-state index contributed by atoms with van der Waals surface area (Å²) in [7, 11) is 3.52. The molecule has 3 nitrogen and oxygen atoms in total. The van der Waals surface area contributed by atoms with Gasteiger partial charge in [-0.3, -0.25) is 4.90 Å². The van der Waals surface area contributed by atoms with Gasteiger partial charge in [0.05, 0.1) is 13.2 Å². The largest absolute Gasteiger partial charge is 0.496 e. The number of benzene rings is 2. The van der Waals surface area contributed by atoms with Crippen LogP contribution in [0.5, 0.6) is 5.75 Å². The molecule has 0 saturated heterocycles. The number of aliphatic hydroxyl groups excluding tert-OH is 1. The van der Waals surface area contributed by atoms with Crippen LogP contribution in [0.25, 0.3) is 0 Å². The van der Waals surface area contributed by atoms with Crippen molar-refractivity contribution in [3.8, 4) is 5.75 Å². The fraction of sp³-hybridized carbons (Fsp3) is 0.294. The zero-order chi connectivity index (χ0) is 15.2. The van der Waals surface area contributed by atoms with Crippen LogP contribution in [0.4, 0.5) is 4.39 Å². The molecule has 0 fully saturated rings. The van der Waals surface area contributed by atoms with Gasteiger partial charge in [-0.15, -0.1) is 0 Å². The van der Waals surface area contributed by atoms with Crippen molar-refractivity contribution in [1.82, 2.24) is 4.90 Å². The number of para-hydroxylation sites is 1. The zero-order valence-corrected chi connectivity index (χ0v) is 12.3. The Morgan fingerprint density at radius 1 is 1.14 bits per heavy atom. The number of rotatable bonds is 6. The minimum absolute atomic E-state index is 0.323.